The summed E-state index contributed by atoms with van der Waals surface area (Å²) in [6.07, 6.45) is 3.77. The van der Waals surface area contributed by atoms with Gasteiger partial charge in [0.05, 0.1) is 0 Å². The number of amides is 2. The molecule has 0 radical (unpaired) electrons. The largest absolute Gasteiger partial charge is 0.371 e. The molecule has 0 spiro atoms. The fourth-order valence-electron chi connectivity index (χ4n) is 3.30. The van der Waals surface area contributed by atoms with Gasteiger partial charge in [-0.2, -0.15) is 0 Å². The first-order valence-corrected chi connectivity index (χ1v) is 9.83. The van der Waals surface area contributed by atoms with Gasteiger partial charge in [0.25, 0.3) is 0 Å². The van der Waals surface area contributed by atoms with Gasteiger partial charge in [-0.3, -0.25) is 14.6 Å². The van der Waals surface area contributed by atoms with Gasteiger partial charge in [-0.1, -0.05) is 17.7 Å². The molecule has 1 aromatic carbocycles. The number of aromatic nitrogens is 1. The second kappa shape index (κ2) is 9.06. The molecule has 1 aromatic heterocycles. The second-order valence-electron chi connectivity index (χ2n) is 7.21. The van der Waals surface area contributed by atoms with Crippen molar-refractivity contribution in [2.45, 2.75) is 26.7 Å². The second-order valence-corrected chi connectivity index (χ2v) is 7.62. The predicted molar refractivity (Wildman–Crippen MR) is 112 cm³/mol. The Kier molecular flexibility index (Phi) is 6.52. The van der Waals surface area contributed by atoms with Crippen LogP contribution in [0.15, 0.2) is 36.5 Å². The fourth-order valence-corrected chi connectivity index (χ4v) is 3.48. The number of rotatable bonds is 4. The fraction of sp³-hybridized carbons (Fsp3) is 0.381. The van der Waals surface area contributed by atoms with Gasteiger partial charge < -0.3 is 15.5 Å². The van der Waals surface area contributed by atoms with E-state index in [-0.39, 0.29) is 0 Å². The number of aryl methyl sites for hydroxylation is 2. The van der Waals surface area contributed by atoms with Gasteiger partial charge >= 0.3 is 11.8 Å². The Bertz CT molecular complexity index is 863. The minimum absolute atomic E-state index is 0.366. The summed E-state index contributed by atoms with van der Waals surface area (Å²) in [6, 6.07) is 9.27. The first-order chi connectivity index (χ1) is 13.4. The Balaban J connectivity index is 1.43. The lowest BCUT2D eigenvalue weighted by Gasteiger charge is -2.33. The number of anilines is 2. The average Bonchev–Trinajstić information content (AvgIpc) is 2.69. The van der Waals surface area contributed by atoms with Crippen LogP contribution in [-0.2, 0) is 9.59 Å². The molecular weight excluding hydrogens is 376 g/mol. The van der Waals surface area contributed by atoms with Gasteiger partial charge in [0.1, 0.15) is 0 Å². The van der Waals surface area contributed by atoms with E-state index < -0.39 is 11.8 Å². The maximum atomic E-state index is 12.1. The van der Waals surface area contributed by atoms with E-state index in [0.717, 1.165) is 37.2 Å². The van der Waals surface area contributed by atoms with E-state index in [1.807, 2.05) is 26.1 Å². The Hall–Kier alpha value is -2.60. The highest BCUT2D eigenvalue weighted by molar-refractivity contribution is 6.39. The van der Waals surface area contributed by atoms with Crippen LogP contribution in [0.4, 0.5) is 11.4 Å². The van der Waals surface area contributed by atoms with Gasteiger partial charge in [-0.05, 0) is 62.4 Å². The van der Waals surface area contributed by atoms with Crippen LogP contribution >= 0.6 is 11.6 Å². The average molecular weight is 401 g/mol. The number of nitrogens with one attached hydrogen (secondary N) is 2. The van der Waals surface area contributed by atoms with Crippen molar-refractivity contribution in [2.75, 3.05) is 29.9 Å². The van der Waals surface area contributed by atoms with Crippen molar-refractivity contribution in [3.63, 3.8) is 0 Å². The minimum atomic E-state index is -0.676. The first kappa shape index (κ1) is 20.1. The number of benzene rings is 1. The van der Waals surface area contributed by atoms with Gasteiger partial charge in [0.2, 0.25) is 0 Å². The van der Waals surface area contributed by atoms with Crippen LogP contribution in [0.1, 0.15) is 24.1 Å². The molecule has 7 heteroatoms. The van der Waals surface area contributed by atoms with Gasteiger partial charge in [-0.25, -0.2) is 0 Å². The molecule has 28 heavy (non-hydrogen) atoms. The number of pyridine rings is 1. The van der Waals surface area contributed by atoms with Crippen molar-refractivity contribution in [3.8, 4) is 0 Å². The zero-order valence-corrected chi connectivity index (χ0v) is 16.9. The molecule has 1 fully saturated rings. The Labute approximate surface area is 170 Å². The van der Waals surface area contributed by atoms with Crippen LogP contribution in [0.5, 0.6) is 0 Å². The number of nitrogens with zero attached hydrogens (tertiary/aromatic N) is 2. The van der Waals surface area contributed by atoms with Crippen LogP contribution in [0.3, 0.4) is 0 Å². The summed E-state index contributed by atoms with van der Waals surface area (Å²) in [7, 11) is 0. The third-order valence-corrected chi connectivity index (χ3v) is 5.45. The number of carbonyl (C=O) groups excluding carboxylic acids is 2. The maximum Gasteiger partial charge on any atom is 0.313 e. The van der Waals surface area contributed by atoms with Crippen molar-refractivity contribution in [3.05, 3.63) is 52.8 Å². The Morgan fingerprint density at radius 1 is 1.14 bits per heavy atom. The smallest absolute Gasteiger partial charge is 0.313 e. The normalized spacial score (nSPS) is 14.6. The molecular formula is C21H25ClN4O2. The monoisotopic (exact) mass is 400 g/mol. The van der Waals surface area contributed by atoms with Crippen LogP contribution in [0, 0.1) is 19.8 Å². The topological polar surface area (TPSA) is 74.3 Å². The molecule has 1 aliphatic rings. The quantitative estimate of drug-likeness (QED) is 0.772. The van der Waals surface area contributed by atoms with Gasteiger partial charge in [-0.15, -0.1) is 0 Å². The summed E-state index contributed by atoms with van der Waals surface area (Å²) in [5, 5.41) is 5.88. The third kappa shape index (κ3) is 5.23. The lowest BCUT2D eigenvalue weighted by Crippen LogP contribution is -2.41. The zero-order chi connectivity index (χ0) is 20.1. The minimum Gasteiger partial charge on any atom is -0.371 e. The van der Waals surface area contributed by atoms with E-state index in [9.17, 15) is 9.59 Å². The third-order valence-electron chi connectivity index (χ3n) is 5.05. The Morgan fingerprint density at radius 3 is 2.57 bits per heavy atom. The van der Waals surface area contributed by atoms with E-state index in [4.69, 9.17) is 11.6 Å². The summed E-state index contributed by atoms with van der Waals surface area (Å²) in [5.41, 5.74) is 3.62. The summed E-state index contributed by atoms with van der Waals surface area (Å²) >= 11 is 6.04. The van der Waals surface area contributed by atoms with Crippen molar-refractivity contribution < 1.29 is 9.59 Å². The number of hydrogen-bond donors (Lipinski definition) is 2. The van der Waals surface area contributed by atoms with Gasteiger partial charge in [0.15, 0.2) is 0 Å². The standard InChI is InChI=1S/C21H25ClN4O2/c1-14-3-4-17(12-19(14)22)25-21(28)20(27)24-13-16-6-9-26(10-7-16)18-5-8-23-15(2)11-18/h3-5,8,11-12,16H,6-7,9-10,13H2,1-2H3,(H,24,27)(H,25,28). The molecule has 2 N–H and O–H groups in total. The number of hydrogen-bond acceptors (Lipinski definition) is 4. The maximum absolute atomic E-state index is 12.1. The van der Waals surface area contributed by atoms with E-state index in [1.54, 1.807) is 18.2 Å². The molecule has 1 aliphatic heterocycles. The molecule has 0 aliphatic carbocycles. The van der Waals surface area contributed by atoms with E-state index in [0.29, 0.717) is 23.2 Å². The molecule has 148 valence electrons. The van der Waals surface area contributed by atoms with Crippen molar-refractivity contribution in [2.24, 2.45) is 5.92 Å². The SMILES string of the molecule is Cc1cc(N2CCC(CNC(=O)C(=O)Nc3ccc(C)c(Cl)c3)CC2)ccn1. The van der Waals surface area contributed by atoms with Crippen LogP contribution in [0.2, 0.25) is 5.02 Å². The zero-order valence-electron chi connectivity index (χ0n) is 16.2. The van der Waals surface area contributed by atoms with Crippen LogP contribution in [0.25, 0.3) is 0 Å². The summed E-state index contributed by atoms with van der Waals surface area (Å²) in [6.45, 7) is 6.23. The van der Waals surface area contributed by atoms with Gasteiger partial charge in [0, 0.05) is 47.9 Å². The molecule has 2 aromatic rings. The molecule has 6 nitrogen and oxygen atoms in total. The van der Waals surface area contributed by atoms with E-state index >= 15 is 0 Å². The molecule has 0 saturated carbocycles. The molecule has 1 saturated heterocycles. The van der Waals surface area contributed by atoms with Crippen LogP contribution < -0.4 is 15.5 Å². The molecule has 3 rings (SSSR count). The summed E-state index contributed by atoms with van der Waals surface area (Å²) in [5.74, 6) is -0.932. The van der Waals surface area contributed by atoms with E-state index in [2.05, 4.69) is 26.6 Å². The molecule has 2 heterocycles. The lowest BCUT2D eigenvalue weighted by molar-refractivity contribution is -0.136. The highest BCUT2D eigenvalue weighted by Crippen LogP contribution is 2.23. The highest BCUT2D eigenvalue weighted by atomic mass is 35.5. The van der Waals surface area contributed by atoms with Crippen molar-refractivity contribution in [1.29, 1.82) is 0 Å². The molecule has 0 atom stereocenters. The molecule has 0 bridgehead atoms. The predicted octanol–water partition coefficient (Wildman–Crippen LogP) is 3.32. The summed E-state index contributed by atoms with van der Waals surface area (Å²) < 4.78 is 0. The number of piperidine rings is 1. The molecule has 2 amide bonds. The number of halogens is 1. The first-order valence-electron chi connectivity index (χ1n) is 9.45. The van der Waals surface area contributed by atoms with Crippen LogP contribution in [-0.4, -0.2) is 36.4 Å². The van der Waals surface area contributed by atoms with Crippen molar-refractivity contribution >= 4 is 34.8 Å². The number of carbonyl (C=O) groups is 2. The summed E-state index contributed by atoms with van der Waals surface area (Å²) in [4.78, 5) is 30.7. The Morgan fingerprint density at radius 2 is 1.89 bits per heavy atom. The van der Waals surface area contributed by atoms with Crippen molar-refractivity contribution in [1.82, 2.24) is 10.3 Å². The lowest BCUT2D eigenvalue weighted by atomic mass is 9.96. The molecule has 0 unspecified atom stereocenters. The van der Waals surface area contributed by atoms with E-state index in [1.165, 1.54) is 5.69 Å². The highest BCUT2D eigenvalue weighted by Gasteiger charge is 2.21.